The Labute approximate surface area is 131 Å². The molecule has 0 spiro atoms. The Kier molecular flexibility index (Phi) is 5.10. The van der Waals surface area contributed by atoms with E-state index in [0.717, 1.165) is 10.4 Å². The van der Waals surface area contributed by atoms with Gasteiger partial charge in [-0.3, -0.25) is 0 Å². The van der Waals surface area contributed by atoms with Crippen LogP contribution in [0.25, 0.3) is 0 Å². The SMILES string of the molecule is Cc1cc(S(=O)(=O)NC2(C)CCOC2)sc1CNC(C)C. The van der Waals surface area contributed by atoms with Gasteiger partial charge < -0.3 is 10.1 Å². The second-order valence-corrected chi connectivity index (χ2v) is 9.22. The number of hydrogen-bond donors (Lipinski definition) is 2. The molecule has 2 N–H and O–H groups in total. The van der Waals surface area contributed by atoms with E-state index < -0.39 is 15.6 Å². The van der Waals surface area contributed by atoms with E-state index in [1.165, 1.54) is 11.3 Å². The van der Waals surface area contributed by atoms with Crippen molar-refractivity contribution >= 4 is 21.4 Å². The molecule has 2 heterocycles. The summed E-state index contributed by atoms with van der Waals surface area (Å²) in [6.45, 7) is 9.72. The maximum absolute atomic E-state index is 12.5. The molecule has 0 amide bonds. The largest absolute Gasteiger partial charge is 0.379 e. The van der Waals surface area contributed by atoms with Gasteiger partial charge in [-0.1, -0.05) is 13.8 Å². The van der Waals surface area contributed by atoms with E-state index in [9.17, 15) is 8.42 Å². The molecule has 0 saturated carbocycles. The highest BCUT2D eigenvalue weighted by Crippen LogP contribution is 2.28. The van der Waals surface area contributed by atoms with Crippen molar-refractivity contribution in [2.24, 2.45) is 0 Å². The van der Waals surface area contributed by atoms with Gasteiger partial charge in [-0.2, -0.15) is 0 Å². The summed E-state index contributed by atoms with van der Waals surface area (Å²) in [6, 6.07) is 2.13. The average Bonchev–Trinajstić information content (AvgIpc) is 2.93. The van der Waals surface area contributed by atoms with E-state index in [1.807, 2.05) is 13.8 Å². The summed E-state index contributed by atoms with van der Waals surface area (Å²) in [5.41, 5.74) is 0.522. The van der Waals surface area contributed by atoms with E-state index in [2.05, 4.69) is 23.9 Å². The molecule has 2 rings (SSSR count). The van der Waals surface area contributed by atoms with Crippen LogP contribution in [0.1, 0.15) is 37.6 Å². The number of sulfonamides is 1. The van der Waals surface area contributed by atoms with Gasteiger partial charge in [-0.25, -0.2) is 13.1 Å². The maximum atomic E-state index is 12.5. The van der Waals surface area contributed by atoms with Crippen molar-refractivity contribution in [2.75, 3.05) is 13.2 Å². The molecule has 0 aromatic carbocycles. The summed E-state index contributed by atoms with van der Waals surface area (Å²) >= 11 is 1.34. The monoisotopic (exact) mass is 332 g/mol. The summed E-state index contributed by atoms with van der Waals surface area (Å²) in [6.07, 6.45) is 0.707. The van der Waals surface area contributed by atoms with Crippen LogP contribution in [-0.4, -0.2) is 33.2 Å². The Bertz CT molecular complexity index is 587. The topological polar surface area (TPSA) is 67.4 Å². The van der Waals surface area contributed by atoms with Gasteiger partial charge >= 0.3 is 0 Å². The van der Waals surface area contributed by atoms with Gasteiger partial charge in [-0.15, -0.1) is 11.3 Å². The molecule has 1 fully saturated rings. The normalized spacial score (nSPS) is 23.1. The first-order chi connectivity index (χ1) is 9.72. The first kappa shape index (κ1) is 16.9. The standard InChI is InChI=1S/C14H24N2O3S2/c1-10(2)15-8-12-11(3)7-13(20-12)21(17,18)16-14(4)5-6-19-9-14/h7,10,15-16H,5-6,8-9H2,1-4H3. The highest BCUT2D eigenvalue weighted by molar-refractivity contribution is 7.91. The molecular formula is C14H24N2O3S2. The lowest BCUT2D eigenvalue weighted by Gasteiger charge is -2.22. The van der Waals surface area contributed by atoms with Crippen LogP contribution < -0.4 is 10.0 Å². The summed E-state index contributed by atoms with van der Waals surface area (Å²) in [5.74, 6) is 0. The fourth-order valence-electron chi connectivity index (χ4n) is 2.22. The van der Waals surface area contributed by atoms with E-state index in [1.54, 1.807) is 6.07 Å². The molecule has 5 nitrogen and oxygen atoms in total. The third kappa shape index (κ3) is 4.26. The first-order valence-corrected chi connectivity index (χ1v) is 9.46. The zero-order chi connectivity index (χ0) is 15.7. The molecule has 1 aliphatic heterocycles. The second kappa shape index (κ2) is 6.34. The Morgan fingerprint density at radius 3 is 2.76 bits per heavy atom. The molecule has 7 heteroatoms. The van der Waals surface area contributed by atoms with Gasteiger partial charge in [0.15, 0.2) is 0 Å². The molecule has 1 aliphatic rings. The van der Waals surface area contributed by atoms with Gasteiger partial charge in [-0.05, 0) is 31.9 Å². The molecule has 21 heavy (non-hydrogen) atoms. The number of nitrogens with one attached hydrogen (secondary N) is 2. The molecule has 0 aliphatic carbocycles. The molecule has 1 atom stereocenters. The second-order valence-electron chi connectivity index (χ2n) is 6.18. The van der Waals surface area contributed by atoms with Gasteiger partial charge in [0.25, 0.3) is 10.0 Å². The minimum Gasteiger partial charge on any atom is -0.379 e. The third-order valence-corrected chi connectivity index (χ3v) is 6.88. The van der Waals surface area contributed by atoms with Crippen molar-refractivity contribution in [1.82, 2.24) is 10.0 Å². The summed E-state index contributed by atoms with van der Waals surface area (Å²) in [5, 5.41) is 3.32. The van der Waals surface area contributed by atoms with Crippen LogP contribution in [0.2, 0.25) is 0 Å². The van der Waals surface area contributed by atoms with Crippen LogP contribution in [0.15, 0.2) is 10.3 Å². The Balaban J connectivity index is 2.15. The van der Waals surface area contributed by atoms with E-state index in [-0.39, 0.29) is 0 Å². The smallest absolute Gasteiger partial charge is 0.250 e. The number of aryl methyl sites for hydroxylation is 1. The van der Waals surface area contributed by atoms with E-state index in [4.69, 9.17) is 4.74 Å². The Morgan fingerprint density at radius 2 is 2.19 bits per heavy atom. The molecular weight excluding hydrogens is 308 g/mol. The minimum absolute atomic E-state index is 0.374. The number of rotatable bonds is 6. The lowest BCUT2D eigenvalue weighted by atomic mass is 10.0. The van der Waals surface area contributed by atoms with Crippen LogP contribution >= 0.6 is 11.3 Å². The fraction of sp³-hybridized carbons (Fsp3) is 0.714. The fourth-order valence-corrected chi connectivity index (χ4v) is 5.18. The van der Waals surface area contributed by atoms with E-state index >= 15 is 0 Å². The summed E-state index contributed by atoms with van der Waals surface area (Å²) < 4.78 is 33.5. The van der Waals surface area contributed by atoms with Crippen molar-refractivity contribution in [2.45, 2.75) is 56.5 Å². The average molecular weight is 332 g/mol. The molecule has 0 bridgehead atoms. The molecule has 1 unspecified atom stereocenters. The lowest BCUT2D eigenvalue weighted by molar-refractivity contribution is 0.178. The van der Waals surface area contributed by atoms with Gasteiger partial charge in [0.1, 0.15) is 4.21 Å². The zero-order valence-electron chi connectivity index (χ0n) is 13.0. The van der Waals surface area contributed by atoms with Gasteiger partial charge in [0.2, 0.25) is 0 Å². The van der Waals surface area contributed by atoms with Gasteiger partial charge in [0.05, 0.1) is 12.1 Å². The minimum atomic E-state index is -3.48. The van der Waals surface area contributed by atoms with Crippen LogP contribution in [0.3, 0.4) is 0 Å². The third-order valence-electron chi connectivity index (χ3n) is 3.53. The summed E-state index contributed by atoms with van der Waals surface area (Å²) in [4.78, 5) is 1.07. The molecule has 1 saturated heterocycles. The van der Waals surface area contributed by atoms with Crippen molar-refractivity contribution in [3.63, 3.8) is 0 Å². The van der Waals surface area contributed by atoms with Crippen LogP contribution in [0.4, 0.5) is 0 Å². The van der Waals surface area contributed by atoms with Crippen molar-refractivity contribution in [3.8, 4) is 0 Å². The quantitative estimate of drug-likeness (QED) is 0.836. The Morgan fingerprint density at radius 1 is 1.48 bits per heavy atom. The van der Waals surface area contributed by atoms with E-state index in [0.29, 0.717) is 36.4 Å². The molecule has 120 valence electrons. The maximum Gasteiger partial charge on any atom is 0.250 e. The Hall–Kier alpha value is -0.470. The summed E-state index contributed by atoms with van der Waals surface area (Å²) in [7, 11) is -3.48. The van der Waals surface area contributed by atoms with Crippen molar-refractivity contribution < 1.29 is 13.2 Å². The van der Waals surface area contributed by atoms with Crippen molar-refractivity contribution in [1.29, 1.82) is 0 Å². The lowest BCUT2D eigenvalue weighted by Crippen LogP contribution is -2.46. The highest BCUT2D eigenvalue weighted by Gasteiger charge is 2.35. The molecule has 0 radical (unpaired) electrons. The predicted molar refractivity (Wildman–Crippen MR) is 85.2 cm³/mol. The first-order valence-electron chi connectivity index (χ1n) is 7.16. The number of ether oxygens (including phenoxy) is 1. The number of hydrogen-bond acceptors (Lipinski definition) is 5. The van der Waals surface area contributed by atoms with Crippen molar-refractivity contribution in [3.05, 3.63) is 16.5 Å². The zero-order valence-corrected chi connectivity index (χ0v) is 14.7. The van der Waals surface area contributed by atoms with Gasteiger partial charge in [0, 0.05) is 24.1 Å². The van der Waals surface area contributed by atoms with Crippen LogP contribution in [0.5, 0.6) is 0 Å². The molecule has 1 aromatic heterocycles. The predicted octanol–water partition coefficient (Wildman–Crippen LogP) is 2.01. The van der Waals surface area contributed by atoms with Crippen LogP contribution in [0, 0.1) is 6.92 Å². The van der Waals surface area contributed by atoms with Crippen LogP contribution in [-0.2, 0) is 21.3 Å². The highest BCUT2D eigenvalue weighted by atomic mass is 32.2. The number of thiophene rings is 1. The molecule has 1 aromatic rings.